The minimum absolute atomic E-state index is 0.0352. The summed E-state index contributed by atoms with van der Waals surface area (Å²) in [5, 5.41) is 6.75. The average Bonchev–Trinajstić information content (AvgIpc) is 3.67. The van der Waals surface area contributed by atoms with Crippen LogP contribution in [0.5, 0.6) is 11.5 Å². The number of amides is 1. The Hall–Kier alpha value is -3.96. The Balaban J connectivity index is 0.00000181. The first-order valence-electron chi connectivity index (χ1n) is 13.1. The Kier molecular flexibility index (Phi) is 8.75. The maximum absolute atomic E-state index is 14.8. The number of anilines is 2. The summed E-state index contributed by atoms with van der Waals surface area (Å²) in [4.78, 5) is 26.8. The minimum atomic E-state index is -1.49. The van der Waals surface area contributed by atoms with E-state index in [-0.39, 0.29) is 34.4 Å². The summed E-state index contributed by atoms with van der Waals surface area (Å²) in [7, 11) is 3.11. The molecular formula is C29H34FN5O4S. The van der Waals surface area contributed by atoms with Crippen LogP contribution in [0.4, 0.5) is 15.9 Å². The number of carbonyl (C=O) groups is 1. The fourth-order valence-electron chi connectivity index (χ4n) is 4.24. The van der Waals surface area contributed by atoms with Crippen LogP contribution < -0.4 is 25.7 Å². The number of hydrogen-bond donors (Lipinski definition) is 3. The van der Waals surface area contributed by atoms with Gasteiger partial charge in [-0.05, 0) is 69.6 Å². The van der Waals surface area contributed by atoms with Gasteiger partial charge in [0.1, 0.15) is 22.9 Å². The maximum Gasteiger partial charge on any atom is 0.259 e. The van der Waals surface area contributed by atoms with E-state index in [1.807, 2.05) is 19.9 Å². The van der Waals surface area contributed by atoms with Crippen LogP contribution in [0.25, 0.3) is 10.9 Å². The molecule has 1 fully saturated rings. The van der Waals surface area contributed by atoms with Crippen molar-refractivity contribution in [3.63, 3.8) is 0 Å². The quantitative estimate of drug-likeness (QED) is 0.272. The van der Waals surface area contributed by atoms with Crippen molar-refractivity contribution >= 4 is 39.5 Å². The first kappa shape index (κ1) is 29.0. The van der Waals surface area contributed by atoms with Crippen molar-refractivity contribution in [2.45, 2.75) is 46.6 Å². The van der Waals surface area contributed by atoms with Crippen molar-refractivity contribution in [1.29, 1.82) is 0 Å². The molecule has 0 radical (unpaired) electrons. The van der Waals surface area contributed by atoms with E-state index in [4.69, 9.17) is 4.74 Å². The fraction of sp³-hybridized carbons (Fsp3) is 0.310. The molecule has 40 heavy (non-hydrogen) atoms. The fourth-order valence-corrected chi connectivity index (χ4v) is 4.94. The Morgan fingerprint density at radius 3 is 2.48 bits per heavy atom. The molecule has 1 aliphatic rings. The molecule has 0 bridgehead atoms. The maximum atomic E-state index is 14.8. The molecule has 0 saturated heterocycles. The zero-order valence-electron chi connectivity index (χ0n) is 23.4. The summed E-state index contributed by atoms with van der Waals surface area (Å²) in [5.41, 5.74) is 1.40. The van der Waals surface area contributed by atoms with Gasteiger partial charge in [0, 0.05) is 30.7 Å². The molecule has 4 aromatic rings. The van der Waals surface area contributed by atoms with Gasteiger partial charge < -0.3 is 15.4 Å². The molecule has 2 aromatic heterocycles. The van der Waals surface area contributed by atoms with Crippen molar-refractivity contribution in [2.24, 2.45) is 7.05 Å². The number of hydrogen-bond acceptors (Lipinski definition) is 5. The second kappa shape index (κ2) is 12.1. The lowest BCUT2D eigenvalue weighted by Gasteiger charge is -2.21. The standard InChI is InChI=1S/C27H28FN5O4S.C2H6/c1-15-5-10-21(20(28)13-15)31-25-23(26(34)30-18-7-8-18)24(16(2)27(35)32(25)4)37-19-9-6-17-11-12-33(22(17)14-19)38(36)29-3;1-2/h5-6,9-14,18,29,31H,7-8H2,1-4H3,(H,30,34);1-2H3. The van der Waals surface area contributed by atoms with Crippen LogP contribution in [-0.2, 0) is 18.2 Å². The largest absolute Gasteiger partial charge is 0.456 e. The Labute approximate surface area is 235 Å². The predicted octanol–water partition coefficient (Wildman–Crippen LogP) is 5.20. The molecular weight excluding hydrogens is 533 g/mol. The van der Waals surface area contributed by atoms with Gasteiger partial charge in [0.05, 0.1) is 16.8 Å². The molecule has 1 aliphatic carbocycles. The number of carbonyl (C=O) groups excluding carboxylic acids is 1. The lowest BCUT2D eigenvalue weighted by molar-refractivity contribution is 0.0948. The van der Waals surface area contributed by atoms with Gasteiger partial charge in [-0.25, -0.2) is 13.3 Å². The van der Waals surface area contributed by atoms with Crippen LogP contribution in [0.15, 0.2) is 53.5 Å². The number of nitrogens with one attached hydrogen (secondary N) is 3. The Bertz CT molecular complexity index is 1660. The second-order valence-electron chi connectivity index (χ2n) is 9.32. The molecule has 11 heteroatoms. The summed E-state index contributed by atoms with van der Waals surface area (Å²) in [6, 6.07) is 11.7. The molecule has 0 spiro atoms. The van der Waals surface area contributed by atoms with E-state index in [2.05, 4.69) is 15.4 Å². The van der Waals surface area contributed by atoms with Crippen molar-refractivity contribution in [1.82, 2.24) is 18.6 Å². The number of aryl methyl sites for hydroxylation is 1. The third-order valence-electron chi connectivity index (χ3n) is 6.48. The monoisotopic (exact) mass is 567 g/mol. The summed E-state index contributed by atoms with van der Waals surface area (Å²) in [6.45, 7) is 7.35. The van der Waals surface area contributed by atoms with E-state index >= 15 is 0 Å². The van der Waals surface area contributed by atoms with Crippen LogP contribution in [0.1, 0.15) is 48.2 Å². The van der Waals surface area contributed by atoms with Gasteiger partial charge >= 0.3 is 0 Å². The van der Waals surface area contributed by atoms with Gasteiger partial charge in [-0.2, -0.15) is 0 Å². The Morgan fingerprint density at radius 1 is 1.10 bits per heavy atom. The van der Waals surface area contributed by atoms with Crippen LogP contribution in [0.3, 0.4) is 0 Å². The highest BCUT2D eigenvalue weighted by molar-refractivity contribution is 7.81. The number of rotatable bonds is 8. The van der Waals surface area contributed by atoms with E-state index in [0.717, 1.165) is 23.8 Å². The molecule has 9 nitrogen and oxygen atoms in total. The number of benzene rings is 2. The molecule has 212 valence electrons. The molecule has 1 amide bonds. The highest BCUT2D eigenvalue weighted by atomic mass is 32.2. The van der Waals surface area contributed by atoms with E-state index in [1.165, 1.54) is 17.7 Å². The first-order valence-corrected chi connectivity index (χ1v) is 14.2. The van der Waals surface area contributed by atoms with Gasteiger partial charge in [0.25, 0.3) is 11.5 Å². The van der Waals surface area contributed by atoms with Gasteiger partial charge in [0.15, 0.2) is 16.9 Å². The number of halogens is 1. The van der Waals surface area contributed by atoms with Crippen LogP contribution in [-0.4, -0.2) is 31.7 Å². The van der Waals surface area contributed by atoms with Crippen molar-refractivity contribution in [3.8, 4) is 11.5 Å². The van der Waals surface area contributed by atoms with Crippen molar-refractivity contribution < 1.29 is 18.1 Å². The van der Waals surface area contributed by atoms with Gasteiger partial charge in [0.2, 0.25) is 0 Å². The highest BCUT2D eigenvalue weighted by Gasteiger charge is 2.30. The normalized spacial score (nSPS) is 13.4. The zero-order chi connectivity index (χ0) is 29.1. The molecule has 0 aliphatic heterocycles. The molecule has 1 saturated carbocycles. The van der Waals surface area contributed by atoms with Gasteiger partial charge in [-0.15, -0.1) is 0 Å². The van der Waals surface area contributed by atoms with E-state index in [1.54, 1.807) is 61.4 Å². The molecule has 1 unspecified atom stereocenters. The van der Waals surface area contributed by atoms with E-state index in [0.29, 0.717) is 11.3 Å². The van der Waals surface area contributed by atoms with Crippen molar-refractivity contribution in [3.05, 3.63) is 81.5 Å². The molecule has 1 atom stereocenters. The second-order valence-corrected chi connectivity index (χ2v) is 10.6. The third-order valence-corrected chi connectivity index (χ3v) is 7.51. The number of ether oxygens (including phenoxy) is 1. The van der Waals surface area contributed by atoms with Gasteiger partial charge in [-0.3, -0.25) is 18.1 Å². The number of pyridine rings is 1. The molecule has 3 N–H and O–H groups in total. The molecule has 5 rings (SSSR count). The molecule has 2 aromatic carbocycles. The Morgan fingerprint density at radius 2 is 1.82 bits per heavy atom. The smallest absolute Gasteiger partial charge is 0.259 e. The SMILES string of the molecule is CC.CNS(=O)n1ccc2ccc(Oc3c(C(=O)NC4CC4)c(Nc4ccc(C)cc4F)n(C)c(=O)c3C)cc21. The van der Waals surface area contributed by atoms with Crippen LogP contribution in [0, 0.1) is 19.7 Å². The van der Waals surface area contributed by atoms with Crippen LogP contribution in [0.2, 0.25) is 0 Å². The lowest BCUT2D eigenvalue weighted by Crippen LogP contribution is -2.31. The summed E-state index contributed by atoms with van der Waals surface area (Å²) >= 11 is -1.49. The summed E-state index contributed by atoms with van der Waals surface area (Å²) in [6.07, 6.45) is 3.41. The summed E-state index contributed by atoms with van der Waals surface area (Å²) < 4.78 is 38.9. The zero-order valence-corrected chi connectivity index (χ0v) is 24.2. The van der Waals surface area contributed by atoms with E-state index in [9.17, 15) is 18.2 Å². The topological polar surface area (TPSA) is 106 Å². The number of aromatic nitrogens is 2. The van der Waals surface area contributed by atoms with E-state index < -0.39 is 28.5 Å². The third kappa shape index (κ3) is 5.80. The average molecular weight is 568 g/mol. The van der Waals surface area contributed by atoms with Crippen LogP contribution >= 0.6 is 0 Å². The van der Waals surface area contributed by atoms with Gasteiger partial charge in [-0.1, -0.05) is 19.9 Å². The highest BCUT2D eigenvalue weighted by Crippen LogP contribution is 2.36. The predicted molar refractivity (Wildman–Crippen MR) is 157 cm³/mol. The first-order chi connectivity index (χ1) is 19.2. The summed E-state index contributed by atoms with van der Waals surface area (Å²) in [5.74, 6) is -0.435. The lowest BCUT2D eigenvalue weighted by atomic mass is 10.1. The molecule has 2 heterocycles. The minimum Gasteiger partial charge on any atom is -0.456 e. The van der Waals surface area contributed by atoms with Crippen molar-refractivity contribution in [2.75, 3.05) is 12.4 Å². The number of nitrogens with zero attached hydrogens (tertiary/aromatic N) is 2. The number of fused-ring (bicyclic) bond motifs is 1.